The number of furan rings is 1. The maximum atomic E-state index is 10.7. The first-order valence-electron chi connectivity index (χ1n) is 6.35. The van der Waals surface area contributed by atoms with Gasteiger partial charge in [-0.05, 0) is 36.7 Å². The monoisotopic (exact) mass is 275 g/mol. The first-order chi connectivity index (χ1) is 9.70. The summed E-state index contributed by atoms with van der Waals surface area (Å²) < 4.78 is 10.4. The van der Waals surface area contributed by atoms with Gasteiger partial charge in [-0.25, -0.2) is 4.79 Å². The molecule has 5 nitrogen and oxygen atoms in total. The van der Waals surface area contributed by atoms with Crippen LogP contribution in [0, 0.1) is 0 Å². The fourth-order valence-electron chi connectivity index (χ4n) is 1.93. The van der Waals surface area contributed by atoms with Gasteiger partial charge in [-0.15, -0.1) is 0 Å². The van der Waals surface area contributed by atoms with Gasteiger partial charge < -0.3 is 19.6 Å². The summed E-state index contributed by atoms with van der Waals surface area (Å²) in [6.07, 6.45) is 0.830. The topological polar surface area (TPSA) is 71.7 Å². The molecule has 0 spiro atoms. The third-order valence-electron chi connectivity index (χ3n) is 2.94. The van der Waals surface area contributed by atoms with E-state index in [-0.39, 0.29) is 5.76 Å². The highest BCUT2D eigenvalue weighted by Crippen LogP contribution is 2.17. The average molecular weight is 275 g/mol. The van der Waals surface area contributed by atoms with Crippen molar-refractivity contribution in [1.82, 2.24) is 5.32 Å². The van der Waals surface area contributed by atoms with Crippen molar-refractivity contribution in [3.05, 3.63) is 53.5 Å². The molecule has 2 N–H and O–H groups in total. The normalized spacial score (nSPS) is 10.4. The Morgan fingerprint density at radius 1 is 1.30 bits per heavy atom. The number of para-hydroxylation sites is 1. The predicted molar refractivity (Wildman–Crippen MR) is 74.1 cm³/mol. The lowest BCUT2D eigenvalue weighted by Gasteiger charge is -2.08. The van der Waals surface area contributed by atoms with Crippen LogP contribution >= 0.6 is 0 Å². The SMILES string of the molecule is COc1ccccc1CCNCc1ccc(C(=O)O)o1. The molecule has 0 saturated heterocycles. The molecule has 1 heterocycles. The van der Waals surface area contributed by atoms with Crippen LogP contribution in [0.3, 0.4) is 0 Å². The van der Waals surface area contributed by atoms with Gasteiger partial charge in [0.15, 0.2) is 0 Å². The summed E-state index contributed by atoms with van der Waals surface area (Å²) in [6.45, 7) is 1.26. The van der Waals surface area contributed by atoms with Crippen LogP contribution in [-0.4, -0.2) is 24.7 Å². The molecule has 2 aromatic rings. The van der Waals surface area contributed by atoms with E-state index >= 15 is 0 Å². The van der Waals surface area contributed by atoms with Crippen molar-refractivity contribution >= 4 is 5.97 Å². The number of ether oxygens (including phenoxy) is 1. The second-order valence-corrected chi connectivity index (χ2v) is 4.31. The van der Waals surface area contributed by atoms with Crippen molar-refractivity contribution in [3.63, 3.8) is 0 Å². The van der Waals surface area contributed by atoms with Crippen LogP contribution in [0.4, 0.5) is 0 Å². The minimum absolute atomic E-state index is 0.0356. The van der Waals surface area contributed by atoms with Gasteiger partial charge in [0.05, 0.1) is 13.7 Å². The molecule has 0 aliphatic rings. The van der Waals surface area contributed by atoms with Crippen LogP contribution < -0.4 is 10.1 Å². The van der Waals surface area contributed by atoms with E-state index < -0.39 is 5.97 Å². The standard InChI is InChI=1S/C15H17NO4/c1-19-13-5-3-2-4-11(13)8-9-16-10-12-6-7-14(20-12)15(17)18/h2-7,16H,8-10H2,1H3,(H,17,18). The lowest BCUT2D eigenvalue weighted by Crippen LogP contribution is -2.16. The maximum Gasteiger partial charge on any atom is 0.371 e. The average Bonchev–Trinajstić information content (AvgIpc) is 2.93. The Hall–Kier alpha value is -2.27. The van der Waals surface area contributed by atoms with Crippen molar-refractivity contribution in [2.75, 3.05) is 13.7 Å². The molecule has 0 bridgehead atoms. The summed E-state index contributed by atoms with van der Waals surface area (Å²) in [5.41, 5.74) is 1.13. The lowest BCUT2D eigenvalue weighted by molar-refractivity contribution is 0.0660. The number of rotatable bonds is 7. The molecule has 0 atom stereocenters. The second kappa shape index (κ2) is 6.77. The number of hydrogen-bond acceptors (Lipinski definition) is 4. The Labute approximate surface area is 117 Å². The van der Waals surface area contributed by atoms with Gasteiger partial charge >= 0.3 is 5.97 Å². The number of carboxylic acids is 1. The van der Waals surface area contributed by atoms with Gasteiger partial charge in [-0.1, -0.05) is 18.2 Å². The Morgan fingerprint density at radius 2 is 2.10 bits per heavy atom. The Bertz CT molecular complexity index is 577. The third-order valence-corrected chi connectivity index (χ3v) is 2.94. The van der Waals surface area contributed by atoms with E-state index in [0.717, 1.165) is 24.3 Å². The van der Waals surface area contributed by atoms with Crippen LogP contribution in [0.1, 0.15) is 21.9 Å². The minimum atomic E-state index is -1.05. The van der Waals surface area contributed by atoms with Gasteiger partial charge in [0.25, 0.3) is 0 Å². The van der Waals surface area contributed by atoms with Crippen molar-refractivity contribution in [2.24, 2.45) is 0 Å². The molecule has 1 aromatic carbocycles. The molecule has 0 fully saturated rings. The molecule has 0 unspecified atom stereocenters. The first kappa shape index (κ1) is 14.1. The number of carbonyl (C=O) groups is 1. The summed E-state index contributed by atoms with van der Waals surface area (Å²) >= 11 is 0. The van der Waals surface area contributed by atoms with Crippen molar-refractivity contribution in [3.8, 4) is 5.75 Å². The zero-order valence-corrected chi connectivity index (χ0v) is 11.3. The molecule has 5 heteroatoms. The summed E-state index contributed by atoms with van der Waals surface area (Å²) in [5.74, 6) is 0.402. The molecule has 0 aliphatic heterocycles. The van der Waals surface area contributed by atoms with Crippen molar-refractivity contribution in [1.29, 1.82) is 0 Å². The smallest absolute Gasteiger partial charge is 0.371 e. The number of nitrogens with one attached hydrogen (secondary N) is 1. The highest BCUT2D eigenvalue weighted by molar-refractivity contribution is 5.84. The summed E-state index contributed by atoms with van der Waals surface area (Å²) in [5, 5.41) is 12.0. The Balaban J connectivity index is 1.80. The minimum Gasteiger partial charge on any atom is -0.496 e. The maximum absolute atomic E-state index is 10.7. The summed E-state index contributed by atoms with van der Waals surface area (Å²) in [4.78, 5) is 10.7. The fourth-order valence-corrected chi connectivity index (χ4v) is 1.93. The molecule has 1 aromatic heterocycles. The molecule has 20 heavy (non-hydrogen) atoms. The van der Waals surface area contributed by atoms with E-state index in [4.69, 9.17) is 14.3 Å². The van der Waals surface area contributed by atoms with Crippen LogP contribution in [0.15, 0.2) is 40.8 Å². The number of hydrogen-bond donors (Lipinski definition) is 2. The van der Waals surface area contributed by atoms with Crippen LogP contribution in [0.2, 0.25) is 0 Å². The van der Waals surface area contributed by atoms with Gasteiger partial charge in [-0.2, -0.15) is 0 Å². The molecule has 0 saturated carbocycles. The number of benzene rings is 1. The highest BCUT2D eigenvalue weighted by Gasteiger charge is 2.08. The van der Waals surface area contributed by atoms with E-state index in [9.17, 15) is 4.79 Å². The summed E-state index contributed by atoms with van der Waals surface area (Å²) in [7, 11) is 1.66. The number of carboxylic acid groups (broad SMARTS) is 1. The van der Waals surface area contributed by atoms with Gasteiger partial charge in [0.1, 0.15) is 11.5 Å². The van der Waals surface area contributed by atoms with E-state index in [1.165, 1.54) is 6.07 Å². The highest BCUT2D eigenvalue weighted by atomic mass is 16.5. The molecule has 0 aliphatic carbocycles. The summed E-state index contributed by atoms with van der Waals surface area (Å²) in [6, 6.07) is 11.0. The zero-order chi connectivity index (χ0) is 14.4. The second-order valence-electron chi connectivity index (χ2n) is 4.31. The van der Waals surface area contributed by atoms with E-state index in [1.807, 2.05) is 24.3 Å². The number of aromatic carboxylic acids is 1. The molecule has 106 valence electrons. The lowest BCUT2D eigenvalue weighted by atomic mass is 10.1. The number of methoxy groups -OCH3 is 1. The van der Waals surface area contributed by atoms with Crippen LogP contribution in [0.5, 0.6) is 5.75 Å². The van der Waals surface area contributed by atoms with Crippen LogP contribution in [0.25, 0.3) is 0 Å². The third kappa shape index (κ3) is 3.61. The van der Waals surface area contributed by atoms with Gasteiger partial charge in [-0.3, -0.25) is 0 Å². The van der Waals surface area contributed by atoms with E-state index in [1.54, 1.807) is 13.2 Å². The Morgan fingerprint density at radius 3 is 2.80 bits per heavy atom. The first-order valence-corrected chi connectivity index (χ1v) is 6.35. The quantitative estimate of drug-likeness (QED) is 0.759. The predicted octanol–water partition coefficient (Wildman–Crippen LogP) is 2.32. The Kier molecular flexibility index (Phi) is 4.79. The molecule has 0 radical (unpaired) electrons. The molecular formula is C15H17NO4. The fraction of sp³-hybridized carbons (Fsp3) is 0.267. The van der Waals surface area contributed by atoms with Crippen molar-refractivity contribution in [2.45, 2.75) is 13.0 Å². The van der Waals surface area contributed by atoms with E-state index in [0.29, 0.717) is 12.3 Å². The zero-order valence-electron chi connectivity index (χ0n) is 11.3. The van der Waals surface area contributed by atoms with Crippen LogP contribution in [-0.2, 0) is 13.0 Å². The van der Waals surface area contributed by atoms with Gasteiger partial charge in [0, 0.05) is 0 Å². The molecular weight excluding hydrogens is 258 g/mol. The van der Waals surface area contributed by atoms with E-state index in [2.05, 4.69) is 5.32 Å². The van der Waals surface area contributed by atoms with Gasteiger partial charge in [0.2, 0.25) is 5.76 Å². The molecule has 0 amide bonds. The largest absolute Gasteiger partial charge is 0.496 e. The molecule has 2 rings (SSSR count). The van der Waals surface area contributed by atoms with Crippen molar-refractivity contribution < 1.29 is 19.1 Å².